The highest BCUT2D eigenvalue weighted by molar-refractivity contribution is 5.57. The van der Waals surface area contributed by atoms with Gasteiger partial charge in [-0.3, -0.25) is 4.68 Å². The van der Waals surface area contributed by atoms with Gasteiger partial charge in [-0.1, -0.05) is 13.8 Å². The molecule has 0 aromatic carbocycles. The maximum Gasteiger partial charge on any atom is 0.164 e. The molecule has 96 valence electrons. The Morgan fingerprint density at radius 2 is 2.06 bits per heavy atom. The molecule has 0 unspecified atom stereocenters. The monoisotopic (exact) mass is 245 g/mol. The normalized spacial score (nSPS) is 11.2. The van der Waals surface area contributed by atoms with Crippen LogP contribution in [0.2, 0.25) is 0 Å². The lowest BCUT2D eigenvalue weighted by Crippen LogP contribution is -2.06. The molecule has 0 spiro atoms. The number of anilines is 1. The number of rotatable bonds is 3. The van der Waals surface area contributed by atoms with E-state index >= 15 is 0 Å². The van der Waals surface area contributed by atoms with Crippen molar-refractivity contribution in [2.75, 3.05) is 5.73 Å². The number of nitrogens with two attached hydrogens (primary N) is 1. The maximum absolute atomic E-state index is 6.02. The van der Waals surface area contributed by atoms with E-state index in [0.717, 1.165) is 23.4 Å². The van der Waals surface area contributed by atoms with Crippen molar-refractivity contribution in [2.24, 2.45) is 0 Å². The van der Waals surface area contributed by atoms with E-state index in [4.69, 9.17) is 5.73 Å². The summed E-state index contributed by atoms with van der Waals surface area (Å²) in [5.74, 6) is 1.54. The van der Waals surface area contributed by atoms with Gasteiger partial charge in [-0.15, -0.1) is 0 Å². The van der Waals surface area contributed by atoms with Crippen LogP contribution in [-0.4, -0.2) is 19.7 Å². The van der Waals surface area contributed by atoms with Crippen LogP contribution < -0.4 is 5.73 Å². The molecule has 0 atom stereocenters. The summed E-state index contributed by atoms with van der Waals surface area (Å²) in [7, 11) is 0. The summed E-state index contributed by atoms with van der Waals surface area (Å²) in [6, 6.07) is 0. The van der Waals surface area contributed by atoms with Crippen LogP contribution >= 0.6 is 0 Å². The van der Waals surface area contributed by atoms with E-state index in [-0.39, 0.29) is 0 Å². The van der Waals surface area contributed by atoms with Gasteiger partial charge in [0.15, 0.2) is 5.82 Å². The van der Waals surface area contributed by atoms with Crippen LogP contribution in [0.15, 0.2) is 12.4 Å². The van der Waals surface area contributed by atoms with Gasteiger partial charge in [0.2, 0.25) is 0 Å². The fourth-order valence-electron chi connectivity index (χ4n) is 2.10. The van der Waals surface area contributed by atoms with Crippen molar-refractivity contribution in [1.29, 1.82) is 0 Å². The van der Waals surface area contributed by atoms with E-state index in [2.05, 4.69) is 28.9 Å². The first-order valence-electron chi connectivity index (χ1n) is 6.19. The molecule has 0 saturated carbocycles. The van der Waals surface area contributed by atoms with Crippen LogP contribution in [0.25, 0.3) is 11.4 Å². The van der Waals surface area contributed by atoms with Gasteiger partial charge in [-0.05, 0) is 19.8 Å². The lowest BCUT2D eigenvalue weighted by atomic mass is 10.0. The van der Waals surface area contributed by atoms with Crippen molar-refractivity contribution in [3.63, 3.8) is 0 Å². The summed E-state index contributed by atoms with van der Waals surface area (Å²) >= 11 is 0. The van der Waals surface area contributed by atoms with E-state index in [1.165, 1.54) is 0 Å². The molecule has 2 N–H and O–H groups in total. The Morgan fingerprint density at radius 1 is 1.33 bits per heavy atom. The van der Waals surface area contributed by atoms with E-state index in [1.54, 1.807) is 6.20 Å². The molecule has 5 heteroatoms. The molecule has 0 aliphatic rings. The molecule has 0 amide bonds. The largest absolute Gasteiger partial charge is 0.383 e. The lowest BCUT2D eigenvalue weighted by Gasteiger charge is -2.12. The summed E-state index contributed by atoms with van der Waals surface area (Å²) in [5, 5.41) is 4.22. The topological polar surface area (TPSA) is 69.6 Å². The van der Waals surface area contributed by atoms with Crippen LogP contribution in [0.5, 0.6) is 0 Å². The van der Waals surface area contributed by atoms with Crippen LogP contribution in [0, 0.1) is 6.92 Å². The Kier molecular flexibility index (Phi) is 3.32. The zero-order valence-corrected chi connectivity index (χ0v) is 11.3. The van der Waals surface area contributed by atoms with Crippen LogP contribution in [0.1, 0.15) is 37.9 Å². The average Bonchev–Trinajstić information content (AvgIpc) is 2.75. The second-order valence-electron chi connectivity index (χ2n) is 4.67. The Labute approximate surface area is 107 Å². The fraction of sp³-hybridized carbons (Fsp3) is 0.462. The molecule has 2 aromatic rings. The molecule has 0 saturated heterocycles. The molecule has 5 nitrogen and oxygen atoms in total. The van der Waals surface area contributed by atoms with Gasteiger partial charge in [-0.25, -0.2) is 9.97 Å². The molecule has 0 aliphatic heterocycles. The summed E-state index contributed by atoms with van der Waals surface area (Å²) in [4.78, 5) is 8.92. The second-order valence-corrected chi connectivity index (χ2v) is 4.67. The van der Waals surface area contributed by atoms with Crippen LogP contribution in [-0.2, 0) is 6.54 Å². The third-order valence-corrected chi connectivity index (χ3v) is 2.96. The molecule has 0 bridgehead atoms. The van der Waals surface area contributed by atoms with Crippen LogP contribution in [0.4, 0.5) is 5.82 Å². The molecule has 18 heavy (non-hydrogen) atoms. The van der Waals surface area contributed by atoms with Crippen molar-refractivity contribution in [2.45, 2.75) is 40.2 Å². The fourth-order valence-corrected chi connectivity index (χ4v) is 2.10. The highest BCUT2D eigenvalue weighted by Crippen LogP contribution is 2.25. The van der Waals surface area contributed by atoms with Gasteiger partial charge in [0, 0.05) is 24.0 Å². The second kappa shape index (κ2) is 4.76. The van der Waals surface area contributed by atoms with Gasteiger partial charge in [0.05, 0.1) is 11.8 Å². The SMILES string of the molecule is CCn1cc(-c2nc(C)c(C(C)C)c(N)n2)cn1. The summed E-state index contributed by atoms with van der Waals surface area (Å²) in [6.07, 6.45) is 3.70. The molecular weight excluding hydrogens is 226 g/mol. The third kappa shape index (κ3) is 2.20. The van der Waals surface area contributed by atoms with Gasteiger partial charge >= 0.3 is 0 Å². The van der Waals surface area contributed by atoms with Gasteiger partial charge in [-0.2, -0.15) is 5.10 Å². The van der Waals surface area contributed by atoms with E-state index in [1.807, 2.05) is 24.7 Å². The number of nitrogens with zero attached hydrogens (tertiary/aromatic N) is 4. The molecule has 2 aromatic heterocycles. The average molecular weight is 245 g/mol. The quantitative estimate of drug-likeness (QED) is 0.901. The minimum Gasteiger partial charge on any atom is -0.383 e. The first kappa shape index (κ1) is 12.5. The lowest BCUT2D eigenvalue weighted by molar-refractivity contribution is 0.660. The summed E-state index contributed by atoms with van der Waals surface area (Å²) in [5.41, 5.74) is 8.90. The first-order chi connectivity index (χ1) is 8.52. The van der Waals surface area contributed by atoms with Crippen molar-refractivity contribution in [3.8, 4) is 11.4 Å². The van der Waals surface area contributed by atoms with Crippen molar-refractivity contribution in [1.82, 2.24) is 19.7 Å². The number of hydrogen-bond acceptors (Lipinski definition) is 4. The van der Waals surface area contributed by atoms with E-state index in [0.29, 0.717) is 17.6 Å². The number of hydrogen-bond donors (Lipinski definition) is 1. The Hall–Kier alpha value is -1.91. The summed E-state index contributed by atoms with van der Waals surface area (Å²) in [6.45, 7) is 9.03. The maximum atomic E-state index is 6.02. The van der Waals surface area contributed by atoms with E-state index in [9.17, 15) is 0 Å². The number of nitrogen functional groups attached to an aromatic ring is 1. The van der Waals surface area contributed by atoms with Gasteiger partial charge < -0.3 is 5.73 Å². The summed E-state index contributed by atoms with van der Waals surface area (Å²) < 4.78 is 1.85. The highest BCUT2D eigenvalue weighted by atomic mass is 15.3. The molecule has 0 aliphatic carbocycles. The Balaban J connectivity index is 2.47. The van der Waals surface area contributed by atoms with Crippen molar-refractivity contribution in [3.05, 3.63) is 23.7 Å². The van der Waals surface area contributed by atoms with Crippen LogP contribution in [0.3, 0.4) is 0 Å². The molecule has 2 heterocycles. The smallest absolute Gasteiger partial charge is 0.164 e. The minimum absolute atomic E-state index is 0.331. The van der Waals surface area contributed by atoms with Crippen molar-refractivity contribution < 1.29 is 0 Å². The standard InChI is InChI=1S/C13H19N5/c1-5-18-7-10(6-15-18)13-16-9(4)11(8(2)3)12(14)17-13/h6-8H,5H2,1-4H3,(H2,14,16,17). The minimum atomic E-state index is 0.331. The van der Waals surface area contributed by atoms with Crippen molar-refractivity contribution >= 4 is 5.82 Å². The molecular formula is C13H19N5. The highest BCUT2D eigenvalue weighted by Gasteiger charge is 2.14. The van der Waals surface area contributed by atoms with Gasteiger partial charge in [0.25, 0.3) is 0 Å². The number of aromatic nitrogens is 4. The zero-order valence-electron chi connectivity index (χ0n) is 11.3. The van der Waals surface area contributed by atoms with E-state index < -0.39 is 0 Å². The zero-order chi connectivity index (χ0) is 13.3. The molecule has 0 radical (unpaired) electrons. The first-order valence-corrected chi connectivity index (χ1v) is 6.19. The van der Waals surface area contributed by atoms with Gasteiger partial charge in [0.1, 0.15) is 5.82 Å². The molecule has 0 fully saturated rings. The number of aryl methyl sites for hydroxylation is 2. The Morgan fingerprint density at radius 3 is 2.56 bits per heavy atom. The third-order valence-electron chi connectivity index (χ3n) is 2.96. The predicted octanol–water partition coefficient (Wildman–Crippen LogP) is 2.37. The predicted molar refractivity (Wildman–Crippen MR) is 72.2 cm³/mol. The Bertz CT molecular complexity index is 533. The molecule has 2 rings (SSSR count).